The lowest BCUT2D eigenvalue weighted by Gasteiger charge is -2.45. The molecule has 216 valence electrons. The van der Waals surface area contributed by atoms with Gasteiger partial charge in [0.05, 0.1) is 22.9 Å². The Labute approximate surface area is 240 Å². The maximum absolute atomic E-state index is 14.5. The van der Waals surface area contributed by atoms with Gasteiger partial charge < -0.3 is 15.2 Å². The number of imidazole rings is 1. The summed E-state index contributed by atoms with van der Waals surface area (Å²) in [7, 11) is 0. The van der Waals surface area contributed by atoms with Gasteiger partial charge in [0.1, 0.15) is 11.6 Å². The molecule has 2 bridgehead atoms. The van der Waals surface area contributed by atoms with Crippen LogP contribution in [0.2, 0.25) is 0 Å². The number of primary amides is 1. The largest absolute Gasteiger partial charge is 0.369 e. The number of aryl methyl sites for hydroxylation is 1. The number of amides is 2. The predicted octanol–water partition coefficient (Wildman–Crippen LogP) is 4.72. The Morgan fingerprint density at radius 3 is 2.39 bits per heavy atom. The number of aromatic nitrogens is 2. The summed E-state index contributed by atoms with van der Waals surface area (Å²) in [5, 5.41) is 0. The van der Waals surface area contributed by atoms with Crippen molar-refractivity contribution in [1.29, 1.82) is 0 Å². The van der Waals surface area contributed by atoms with Gasteiger partial charge in [0.15, 0.2) is 0 Å². The van der Waals surface area contributed by atoms with Gasteiger partial charge in [-0.1, -0.05) is 24.3 Å². The van der Waals surface area contributed by atoms with Crippen molar-refractivity contribution in [3.8, 4) is 0 Å². The van der Waals surface area contributed by atoms with E-state index in [9.17, 15) is 14.0 Å². The molecule has 3 aliphatic heterocycles. The number of halogens is 1. The fourth-order valence-corrected chi connectivity index (χ4v) is 8.46. The number of nitrogens with two attached hydrogens (primary N) is 1. The molecule has 1 saturated carbocycles. The number of hydrogen-bond acceptors (Lipinski definition) is 4. The molecular weight excluding hydrogens is 517 g/mol. The molecule has 3 saturated heterocycles. The van der Waals surface area contributed by atoms with Crippen LogP contribution in [0.3, 0.4) is 0 Å². The second kappa shape index (κ2) is 10.2. The maximum atomic E-state index is 14.5. The van der Waals surface area contributed by atoms with Gasteiger partial charge in [0.25, 0.3) is 0 Å². The number of carbonyl (C=O) groups excluding carboxylic acids is 2. The van der Waals surface area contributed by atoms with E-state index in [1.54, 1.807) is 6.07 Å². The Kier molecular flexibility index (Phi) is 6.64. The van der Waals surface area contributed by atoms with Crippen LogP contribution in [0.4, 0.5) is 4.39 Å². The molecule has 2 N–H and O–H groups in total. The number of carbonyl (C=O) groups is 2. The van der Waals surface area contributed by atoms with Gasteiger partial charge in [-0.15, -0.1) is 0 Å². The number of fused-ring (bicyclic) bond motifs is 3. The third-order valence-electron chi connectivity index (χ3n) is 10.8. The molecule has 3 aromatic rings. The van der Waals surface area contributed by atoms with Crippen LogP contribution in [0, 0.1) is 24.6 Å². The lowest BCUT2D eigenvalue weighted by molar-refractivity contribution is -0.136. The van der Waals surface area contributed by atoms with Crippen molar-refractivity contribution in [2.45, 2.75) is 81.8 Å². The molecule has 4 fully saturated rings. The molecule has 7 nitrogen and oxygen atoms in total. The second-order valence-corrected chi connectivity index (χ2v) is 13.0. The zero-order valence-electron chi connectivity index (χ0n) is 23.8. The van der Waals surface area contributed by atoms with Crippen LogP contribution in [0.15, 0.2) is 48.5 Å². The van der Waals surface area contributed by atoms with Gasteiger partial charge in [-0.25, -0.2) is 9.37 Å². The Morgan fingerprint density at radius 1 is 0.976 bits per heavy atom. The highest BCUT2D eigenvalue weighted by Crippen LogP contribution is 2.46. The van der Waals surface area contributed by atoms with E-state index in [2.05, 4.69) is 46.7 Å². The minimum atomic E-state index is -0.371. The zero-order valence-corrected chi connectivity index (χ0v) is 23.8. The van der Waals surface area contributed by atoms with Crippen LogP contribution in [0.5, 0.6) is 0 Å². The van der Waals surface area contributed by atoms with Crippen LogP contribution < -0.4 is 5.73 Å². The molecule has 1 unspecified atom stereocenters. The first-order valence-corrected chi connectivity index (χ1v) is 15.4. The molecular formula is C33H40FN5O2. The van der Waals surface area contributed by atoms with Gasteiger partial charge in [0.2, 0.25) is 11.8 Å². The fourth-order valence-electron chi connectivity index (χ4n) is 8.46. The summed E-state index contributed by atoms with van der Waals surface area (Å²) in [5.74, 6) is 0.0332. The molecule has 8 heteroatoms. The normalized spacial score (nSPS) is 29.1. The molecule has 7 rings (SSSR count). The van der Waals surface area contributed by atoms with E-state index < -0.39 is 0 Å². The zero-order chi connectivity index (χ0) is 28.3. The highest BCUT2D eigenvalue weighted by Gasteiger charge is 2.50. The summed E-state index contributed by atoms with van der Waals surface area (Å²) < 4.78 is 16.9. The maximum Gasteiger partial charge on any atom is 0.226 e. The SMILES string of the molecule is Cc1nc2ccccc2n1[C@H]1C[C@H]2CC[C@@H](C1)N2CCC1(c2cccc(F)c2)CCN(C(=O)[C@H]2CC2C(N)=O)CC1. The first-order valence-electron chi connectivity index (χ1n) is 15.4. The molecule has 1 aromatic heterocycles. The average Bonchev–Trinajstić information content (AvgIpc) is 3.65. The monoisotopic (exact) mass is 557 g/mol. The molecule has 41 heavy (non-hydrogen) atoms. The van der Waals surface area contributed by atoms with Crippen LogP contribution in [0.1, 0.15) is 68.8 Å². The minimum Gasteiger partial charge on any atom is -0.369 e. The van der Waals surface area contributed by atoms with Gasteiger partial charge in [-0.05, 0) is 100 Å². The Balaban J connectivity index is 1.06. The first kappa shape index (κ1) is 26.6. The van der Waals surface area contributed by atoms with E-state index in [-0.39, 0.29) is 34.9 Å². The van der Waals surface area contributed by atoms with E-state index in [1.807, 2.05) is 11.0 Å². The summed E-state index contributed by atoms with van der Waals surface area (Å²) >= 11 is 0. The summed E-state index contributed by atoms with van der Waals surface area (Å²) in [6.07, 6.45) is 7.87. The van der Waals surface area contributed by atoms with Crippen molar-refractivity contribution in [3.63, 3.8) is 0 Å². The number of piperidine rings is 2. The quantitative estimate of drug-likeness (QED) is 0.456. The van der Waals surface area contributed by atoms with E-state index in [0.29, 0.717) is 37.6 Å². The molecule has 2 aromatic carbocycles. The van der Waals surface area contributed by atoms with Crippen LogP contribution in [-0.2, 0) is 15.0 Å². The summed E-state index contributed by atoms with van der Waals surface area (Å²) in [6.45, 7) is 4.40. The third-order valence-corrected chi connectivity index (χ3v) is 10.8. The van der Waals surface area contributed by atoms with Crippen LogP contribution in [-0.4, -0.2) is 62.9 Å². The predicted molar refractivity (Wildman–Crippen MR) is 156 cm³/mol. The fraction of sp³-hybridized carbons (Fsp3) is 0.545. The van der Waals surface area contributed by atoms with Crippen molar-refractivity contribution in [2.75, 3.05) is 19.6 Å². The second-order valence-electron chi connectivity index (χ2n) is 13.0. The van der Waals surface area contributed by atoms with E-state index in [1.165, 1.54) is 24.4 Å². The van der Waals surface area contributed by atoms with Gasteiger partial charge in [-0.3, -0.25) is 14.5 Å². The number of hydrogen-bond donors (Lipinski definition) is 1. The van der Waals surface area contributed by atoms with Crippen molar-refractivity contribution in [1.82, 2.24) is 19.4 Å². The smallest absolute Gasteiger partial charge is 0.226 e. The standard InChI is InChI=1S/C33H40FN5O2/c1-21-36-29-7-2-3-8-30(29)39(21)26-18-24-9-10-25(19-26)38(24)16-13-33(22-5-4-6-23(34)17-22)11-14-37(15-12-33)32(41)28-20-27(28)31(35)40/h2-8,17,24-28H,9-16,18-20H2,1H3,(H2,35,40)/t24-,25+,26+,27?,28-/m0/s1. The minimum absolute atomic E-state index is 0.0593. The van der Waals surface area contributed by atoms with Crippen molar-refractivity contribution >= 4 is 22.8 Å². The number of nitrogens with zero attached hydrogens (tertiary/aromatic N) is 4. The van der Waals surface area contributed by atoms with Crippen molar-refractivity contribution < 1.29 is 14.0 Å². The molecule has 2 amide bonds. The molecule has 4 heterocycles. The topological polar surface area (TPSA) is 84.5 Å². The number of benzene rings is 2. The van der Waals surface area contributed by atoms with Crippen molar-refractivity contribution in [2.24, 2.45) is 17.6 Å². The highest BCUT2D eigenvalue weighted by atomic mass is 19.1. The molecule has 4 aliphatic rings. The van der Waals surface area contributed by atoms with Gasteiger partial charge in [-0.2, -0.15) is 0 Å². The van der Waals surface area contributed by atoms with E-state index >= 15 is 0 Å². The highest BCUT2D eigenvalue weighted by molar-refractivity contribution is 5.91. The van der Waals surface area contributed by atoms with Gasteiger partial charge in [0, 0.05) is 31.2 Å². The third kappa shape index (κ3) is 4.74. The number of likely N-dealkylation sites (tertiary alicyclic amines) is 1. The average molecular weight is 558 g/mol. The Hall–Kier alpha value is -3.26. The molecule has 0 spiro atoms. The van der Waals surface area contributed by atoms with E-state index in [0.717, 1.165) is 55.6 Å². The Morgan fingerprint density at radius 2 is 1.71 bits per heavy atom. The summed E-state index contributed by atoms with van der Waals surface area (Å²) in [5.41, 5.74) is 8.64. The molecule has 5 atom stereocenters. The first-order chi connectivity index (χ1) is 19.8. The van der Waals surface area contributed by atoms with Crippen LogP contribution >= 0.6 is 0 Å². The lowest BCUT2D eigenvalue weighted by Crippen LogP contribution is -2.49. The Bertz CT molecular complexity index is 1460. The van der Waals surface area contributed by atoms with E-state index in [4.69, 9.17) is 10.7 Å². The molecule has 1 aliphatic carbocycles. The number of rotatable bonds is 7. The van der Waals surface area contributed by atoms with Crippen molar-refractivity contribution in [3.05, 3.63) is 65.7 Å². The molecule has 0 radical (unpaired) electrons. The van der Waals surface area contributed by atoms with Crippen LogP contribution in [0.25, 0.3) is 11.0 Å². The number of para-hydroxylation sites is 2. The lowest BCUT2D eigenvalue weighted by atomic mass is 9.70. The summed E-state index contributed by atoms with van der Waals surface area (Å²) in [4.78, 5) is 34.1. The summed E-state index contributed by atoms with van der Waals surface area (Å²) in [6, 6.07) is 17.1. The van der Waals surface area contributed by atoms with Gasteiger partial charge >= 0.3 is 0 Å².